The summed E-state index contributed by atoms with van der Waals surface area (Å²) in [5, 5.41) is 1.14. The van der Waals surface area contributed by atoms with Crippen LogP contribution in [0.4, 0.5) is 0 Å². The van der Waals surface area contributed by atoms with Gasteiger partial charge in [0.15, 0.2) is 5.78 Å². The number of para-hydroxylation sites is 1. The third kappa shape index (κ3) is 1.43. The number of Topliss-reactive ketones (excluding diaryl/α,β-unsaturated/α-hetero) is 1. The molecule has 2 aromatic rings. The van der Waals surface area contributed by atoms with Gasteiger partial charge in [0.25, 0.3) is 0 Å². The smallest absolute Gasteiger partial charge is 0.165 e. The molecule has 0 saturated carbocycles. The first-order valence-corrected chi connectivity index (χ1v) is 6.35. The van der Waals surface area contributed by atoms with Crippen molar-refractivity contribution in [2.75, 3.05) is 0 Å². The van der Waals surface area contributed by atoms with Crippen molar-refractivity contribution in [3.05, 3.63) is 35.5 Å². The molecular formula is C15H17NO. The molecule has 0 amide bonds. The third-order valence-electron chi connectivity index (χ3n) is 3.62. The average molecular weight is 227 g/mol. The van der Waals surface area contributed by atoms with Gasteiger partial charge in [-0.15, -0.1) is 0 Å². The molecular weight excluding hydrogens is 210 g/mol. The van der Waals surface area contributed by atoms with Gasteiger partial charge in [-0.3, -0.25) is 4.79 Å². The molecule has 1 heterocycles. The Kier molecular flexibility index (Phi) is 2.32. The number of carbonyl (C=O) groups excluding carboxylic acids is 1. The first-order valence-electron chi connectivity index (χ1n) is 6.35. The van der Waals surface area contributed by atoms with Crippen LogP contribution < -0.4 is 0 Å². The van der Waals surface area contributed by atoms with Gasteiger partial charge in [0.1, 0.15) is 0 Å². The average Bonchev–Trinajstić information content (AvgIpc) is 2.64. The summed E-state index contributed by atoms with van der Waals surface area (Å²) < 4.78 is 2.34. The van der Waals surface area contributed by atoms with Gasteiger partial charge in [-0.25, -0.2) is 0 Å². The van der Waals surface area contributed by atoms with Gasteiger partial charge in [0.2, 0.25) is 0 Å². The molecule has 88 valence electrons. The summed E-state index contributed by atoms with van der Waals surface area (Å²) in [5.41, 5.74) is 3.45. The molecule has 17 heavy (non-hydrogen) atoms. The van der Waals surface area contributed by atoms with Crippen molar-refractivity contribution < 1.29 is 4.79 Å². The van der Waals surface area contributed by atoms with Crippen LogP contribution in [-0.2, 0) is 6.42 Å². The lowest BCUT2D eigenvalue weighted by atomic mass is 9.94. The predicted molar refractivity (Wildman–Crippen MR) is 69.6 cm³/mol. The van der Waals surface area contributed by atoms with Crippen molar-refractivity contribution in [1.82, 2.24) is 4.57 Å². The lowest BCUT2D eigenvalue weighted by Crippen LogP contribution is -2.14. The van der Waals surface area contributed by atoms with Gasteiger partial charge >= 0.3 is 0 Å². The van der Waals surface area contributed by atoms with Crippen LogP contribution in [0.25, 0.3) is 10.9 Å². The minimum absolute atomic E-state index is 0.321. The summed E-state index contributed by atoms with van der Waals surface area (Å²) in [6.07, 6.45) is 2.74. The fourth-order valence-corrected chi connectivity index (χ4v) is 3.00. The second kappa shape index (κ2) is 3.73. The zero-order valence-electron chi connectivity index (χ0n) is 10.4. The summed E-state index contributed by atoms with van der Waals surface area (Å²) >= 11 is 0. The van der Waals surface area contributed by atoms with Gasteiger partial charge in [-0.05, 0) is 32.8 Å². The molecule has 0 fully saturated rings. The van der Waals surface area contributed by atoms with E-state index in [2.05, 4.69) is 36.6 Å². The first-order chi connectivity index (χ1) is 8.20. The number of nitrogens with zero attached hydrogens (tertiary/aromatic N) is 1. The van der Waals surface area contributed by atoms with Gasteiger partial charge in [0, 0.05) is 34.6 Å². The molecule has 3 rings (SSSR count). The monoisotopic (exact) mass is 227 g/mol. The number of ketones is 1. The molecule has 0 unspecified atom stereocenters. The van der Waals surface area contributed by atoms with Crippen LogP contribution in [0.15, 0.2) is 24.3 Å². The highest BCUT2D eigenvalue weighted by Gasteiger charge is 2.26. The Morgan fingerprint density at radius 2 is 1.94 bits per heavy atom. The molecule has 1 aromatic carbocycles. The number of rotatable bonds is 1. The van der Waals surface area contributed by atoms with Crippen molar-refractivity contribution in [2.45, 2.75) is 39.2 Å². The van der Waals surface area contributed by atoms with Crippen molar-refractivity contribution in [1.29, 1.82) is 0 Å². The Labute approximate surface area is 101 Å². The zero-order chi connectivity index (χ0) is 12.0. The second-order valence-corrected chi connectivity index (χ2v) is 5.08. The quantitative estimate of drug-likeness (QED) is 0.727. The van der Waals surface area contributed by atoms with Crippen LogP contribution in [-0.4, -0.2) is 10.4 Å². The van der Waals surface area contributed by atoms with Crippen molar-refractivity contribution in [3.63, 3.8) is 0 Å². The van der Waals surface area contributed by atoms with Crippen LogP contribution >= 0.6 is 0 Å². The van der Waals surface area contributed by atoms with Crippen LogP contribution in [0.5, 0.6) is 0 Å². The molecule has 0 aliphatic heterocycles. The number of hydrogen-bond acceptors (Lipinski definition) is 1. The SMILES string of the molecule is CC(C)n1c2c(c3ccccc31)C(=O)CCC2. The maximum atomic E-state index is 12.1. The first kappa shape index (κ1) is 10.6. The highest BCUT2D eigenvalue weighted by molar-refractivity contribution is 6.10. The lowest BCUT2D eigenvalue weighted by molar-refractivity contribution is 0.0973. The van der Waals surface area contributed by atoms with Gasteiger partial charge in [-0.1, -0.05) is 18.2 Å². The topological polar surface area (TPSA) is 22.0 Å². The van der Waals surface area contributed by atoms with E-state index in [-0.39, 0.29) is 0 Å². The third-order valence-corrected chi connectivity index (χ3v) is 3.62. The van der Waals surface area contributed by atoms with E-state index in [1.165, 1.54) is 11.2 Å². The van der Waals surface area contributed by atoms with Crippen LogP contribution in [0, 0.1) is 0 Å². The van der Waals surface area contributed by atoms with E-state index in [1.807, 2.05) is 6.07 Å². The summed E-state index contributed by atoms with van der Waals surface area (Å²) in [6, 6.07) is 8.69. The van der Waals surface area contributed by atoms with E-state index in [0.717, 1.165) is 23.8 Å². The van der Waals surface area contributed by atoms with Crippen molar-refractivity contribution in [3.8, 4) is 0 Å². The normalized spacial score (nSPS) is 15.6. The molecule has 0 bridgehead atoms. The molecule has 0 radical (unpaired) electrons. The molecule has 2 heteroatoms. The van der Waals surface area contributed by atoms with E-state index in [9.17, 15) is 4.79 Å². The lowest BCUT2D eigenvalue weighted by Gasteiger charge is -2.18. The van der Waals surface area contributed by atoms with Gasteiger partial charge in [-0.2, -0.15) is 0 Å². The van der Waals surface area contributed by atoms with E-state index in [4.69, 9.17) is 0 Å². The molecule has 2 nitrogen and oxygen atoms in total. The van der Waals surface area contributed by atoms with Gasteiger partial charge in [0.05, 0.1) is 0 Å². The maximum Gasteiger partial charge on any atom is 0.165 e. The zero-order valence-corrected chi connectivity index (χ0v) is 10.4. The van der Waals surface area contributed by atoms with Crippen LogP contribution in [0.1, 0.15) is 48.8 Å². The molecule has 0 spiro atoms. The number of carbonyl (C=O) groups is 1. The number of fused-ring (bicyclic) bond motifs is 3. The highest BCUT2D eigenvalue weighted by atomic mass is 16.1. The maximum absolute atomic E-state index is 12.1. The molecule has 1 aliphatic rings. The summed E-state index contributed by atoms with van der Waals surface area (Å²) in [6.45, 7) is 4.37. The van der Waals surface area contributed by atoms with E-state index in [0.29, 0.717) is 18.2 Å². The number of hydrogen-bond donors (Lipinski definition) is 0. The molecule has 0 saturated heterocycles. The Hall–Kier alpha value is -1.57. The molecule has 0 atom stereocenters. The Morgan fingerprint density at radius 1 is 1.18 bits per heavy atom. The fraction of sp³-hybridized carbons (Fsp3) is 0.400. The van der Waals surface area contributed by atoms with Crippen molar-refractivity contribution in [2.24, 2.45) is 0 Å². The van der Waals surface area contributed by atoms with E-state index in [1.54, 1.807) is 0 Å². The van der Waals surface area contributed by atoms with E-state index < -0.39 is 0 Å². The number of aromatic nitrogens is 1. The minimum atomic E-state index is 0.321. The van der Waals surface area contributed by atoms with Crippen LogP contribution in [0.2, 0.25) is 0 Å². The Balaban J connectivity index is 2.43. The molecule has 1 aromatic heterocycles. The summed E-state index contributed by atoms with van der Waals surface area (Å²) in [4.78, 5) is 12.1. The van der Waals surface area contributed by atoms with Crippen molar-refractivity contribution >= 4 is 16.7 Å². The van der Waals surface area contributed by atoms with Gasteiger partial charge < -0.3 is 4.57 Å². The highest BCUT2D eigenvalue weighted by Crippen LogP contribution is 2.34. The van der Waals surface area contributed by atoms with Crippen LogP contribution in [0.3, 0.4) is 0 Å². The summed E-state index contributed by atoms with van der Waals surface area (Å²) in [5.74, 6) is 0.321. The molecule has 0 N–H and O–H groups in total. The minimum Gasteiger partial charge on any atom is -0.341 e. The largest absolute Gasteiger partial charge is 0.341 e. The Bertz CT molecular complexity index is 592. The fourth-order valence-electron chi connectivity index (χ4n) is 3.00. The predicted octanol–water partition coefficient (Wildman–Crippen LogP) is 3.74. The number of benzene rings is 1. The second-order valence-electron chi connectivity index (χ2n) is 5.08. The Morgan fingerprint density at radius 3 is 2.71 bits per heavy atom. The molecule has 1 aliphatic carbocycles. The standard InChI is InChI=1S/C15H17NO/c1-10(2)16-12-7-4-3-6-11(12)15-13(16)8-5-9-14(15)17/h3-4,6-7,10H,5,8-9H2,1-2H3. The van der Waals surface area contributed by atoms with E-state index >= 15 is 0 Å². The summed E-state index contributed by atoms with van der Waals surface area (Å²) in [7, 11) is 0.